The zero-order valence-electron chi connectivity index (χ0n) is 33.3. The second kappa shape index (κ2) is 18.2. The molecular formula is C44H46N8O6S. The van der Waals surface area contributed by atoms with Gasteiger partial charge in [-0.15, -0.1) is 11.3 Å². The minimum absolute atomic E-state index is 0.153. The fraction of sp³-hybridized carbons (Fsp3) is 0.273. The smallest absolute Gasteiger partial charge is 0.407 e. The van der Waals surface area contributed by atoms with Crippen LogP contribution in [-0.2, 0) is 32.2 Å². The van der Waals surface area contributed by atoms with Gasteiger partial charge in [-0.25, -0.2) is 19.6 Å². The molecule has 0 aliphatic heterocycles. The number of fused-ring (bicyclic) bond motifs is 4. The number of carbonyl (C=O) groups is 4. The van der Waals surface area contributed by atoms with Gasteiger partial charge >= 0.3 is 12.2 Å². The van der Waals surface area contributed by atoms with Crippen LogP contribution in [0, 0.1) is 0 Å². The number of nitrogens with one attached hydrogen (secondary N) is 4. The summed E-state index contributed by atoms with van der Waals surface area (Å²) in [7, 11) is 2.53. The largest absolute Gasteiger partial charge is 0.453 e. The number of thiophene rings is 1. The van der Waals surface area contributed by atoms with Gasteiger partial charge in [0.15, 0.2) is 0 Å². The monoisotopic (exact) mass is 814 g/mol. The zero-order valence-corrected chi connectivity index (χ0v) is 34.2. The molecule has 0 aliphatic carbocycles. The summed E-state index contributed by atoms with van der Waals surface area (Å²) in [5.41, 5.74) is 6.25. The summed E-state index contributed by atoms with van der Waals surface area (Å²) >= 11 is 1.72. The molecule has 7 aromatic rings. The minimum atomic E-state index is -0.906. The molecule has 304 valence electrons. The van der Waals surface area contributed by atoms with Gasteiger partial charge in [-0.3, -0.25) is 9.59 Å². The number of aromatic amines is 2. The molecule has 4 aromatic carbocycles. The highest BCUT2D eigenvalue weighted by Gasteiger charge is 2.28. The van der Waals surface area contributed by atoms with Crippen LogP contribution in [0.1, 0.15) is 49.9 Å². The maximum atomic E-state index is 13.9. The molecule has 0 saturated carbocycles. The summed E-state index contributed by atoms with van der Waals surface area (Å²) in [5, 5.41) is 7.48. The summed E-state index contributed by atoms with van der Waals surface area (Å²) in [4.78, 5) is 70.0. The van der Waals surface area contributed by atoms with E-state index in [0.29, 0.717) is 30.3 Å². The summed E-state index contributed by atoms with van der Waals surface area (Å²) in [6.07, 6.45) is 1.94. The number of carbonyl (C=O) groups excluding carboxylic acids is 4. The number of nitrogens with zero attached hydrogens (tertiary/aromatic N) is 4. The first-order valence-electron chi connectivity index (χ1n) is 19.4. The van der Waals surface area contributed by atoms with E-state index >= 15 is 0 Å². The summed E-state index contributed by atoms with van der Waals surface area (Å²) in [6, 6.07) is 27.2. The molecule has 4 N–H and O–H groups in total. The van der Waals surface area contributed by atoms with E-state index in [1.54, 1.807) is 39.5 Å². The van der Waals surface area contributed by atoms with Gasteiger partial charge in [-0.2, -0.15) is 0 Å². The molecule has 0 spiro atoms. The first-order valence-corrected chi connectivity index (χ1v) is 20.3. The molecule has 4 amide bonds. The Labute approximate surface area is 344 Å². The SMILES string of the molecule is CCCN(Cc1nc2ccc(-c3ccc4c(c3)sc3cc(-c5cnc(CN(CCC)C(=O)[C@H](NC(=O)OC)c6ccccc6)[nH]5)ccc34)cc2[nH]1)C(=O)CNC(=O)OC. The number of alkyl carbamates (subject to hydrolysis) is 2. The lowest BCUT2D eigenvalue weighted by Crippen LogP contribution is -2.43. The van der Waals surface area contributed by atoms with Crippen LogP contribution in [-0.4, -0.2) is 87.6 Å². The van der Waals surface area contributed by atoms with Crippen LogP contribution in [0.25, 0.3) is 53.6 Å². The number of aromatic nitrogens is 4. The Kier molecular flexibility index (Phi) is 12.5. The summed E-state index contributed by atoms with van der Waals surface area (Å²) in [5.74, 6) is 0.822. The van der Waals surface area contributed by atoms with Crippen molar-refractivity contribution in [2.45, 2.75) is 45.8 Å². The van der Waals surface area contributed by atoms with E-state index in [0.717, 1.165) is 61.0 Å². The second-order valence-corrected chi connectivity index (χ2v) is 15.2. The number of rotatable bonds is 15. The van der Waals surface area contributed by atoms with Crippen LogP contribution in [0.2, 0.25) is 0 Å². The van der Waals surface area contributed by atoms with Crippen molar-refractivity contribution in [1.82, 2.24) is 40.4 Å². The first-order chi connectivity index (χ1) is 28.7. The van der Waals surface area contributed by atoms with E-state index in [9.17, 15) is 19.2 Å². The first kappa shape index (κ1) is 40.5. The van der Waals surface area contributed by atoms with Gasteiger partial charge in [0, 0.05) is 38.8 Å². The van der Waals surface area contributed by atoms with E-state index in [2.05, 4.69) is 78.9 Å². The van der Waals surface area contributed by atoms with Crippen molar-refractivity contribution in [2.24, 2.45) is 0 Å². The van der Waals surface area contributed by atoms with Gasteiger partial charge in [0.05, 0.1) is 50.2 Å². The van der Waals surface area contributed by atoms with Crippen molar-refractivity contribution in [3.63, 3.8) is 0 Å². The molecule has 0 bridgehead atoms. The number of ether oxygens (including phenoxy) is 2. The predicted molar refractivity (Wildman–Crippen MR) is 229 cm³/mol. The van der Waals surface area contributed by atoms with Crippen molar-refractivity contribution in [3.8, 4) is 22.4 Å². The third kappa shape index (κ3) is 9.20. The Morgan fingerprint density at radius 2 is 1.39 bits per heavy atom. The van der Waals surface area contributed by atoms with E-state index in [4.69, 9.17) is 9.72 Å². The average Bonchev–Trinajstić information content (AvgIpc) is 4.00. The van der Waals surface area contributed by atoms with Crippen LogP contribution in [0.3, 0.4) is 0 Å². The highest BCUT2D eigenvalue weighted by molar-refractivity contribution is 7.25. The number of amides is 4. The van der Waals surface area contributed by atoms with Gasteiger partial charge in [0.2, 0.25) is 11.8 Å². The van der Waals surface area contributed by atoms with Crippen LogP contribution in [0.4, 0.5) is 9.59 Å². The molecule has 0 saturated heterocycles. The quantitative estimate of drug-likeness (QED) is 0.0808. The normalized spacial score (nSPS) is 11.7. The van der Waals surface area contributed by atoms with Gasteiger partial charge in [0.1, 0.15) is 24.2 Å². The highest BCUT2D eigenvalue weighted by Crippen LogP contribution is 2.38. The molecular weight excluding hydrogens is 769 g/mol. The Morgan fingerprint density at radius 1 is 0.746 bits per heavy atom. The molecule has 0 radical (unpaired) electrons. The topological polar surface area (TPSA) is 175 Å². The molecule has 3 heterocycles. The van der Waals surface area contributed by atoms with Crippen LogP contribution >= 0.6 is 11.3 Å². The van der Waals surface area contributed by atoms with Crippen molar-refractivity contribution in [3.05, 3.63) is 108 Å². The predicted octanol–water partition coefficient (Wildman–Crippen LogP) is 7.92. The van der Waals surface area contributed by atoms with Gasteiger partial charge in [-0.05, 0) is 53.8 Å². The van der Waals surface area contributed by atoms with E-state index in [1.165, 1.54) is 19.6 Å². The Bertz CT molecular complexity index is 2620. The molecule has 15 heteroatoms. The maximum absolute atomic E-state index is 13.9. The third-order valence-electron chi connectivity index (χ3n) is 10.0. The van der Waals surface area contributed by atoms with Crippen molar-refractivity contribution >= 4 is 66.5 Å². The Morgan fingerprint density at radius 3 is 2.10 bits per heavy atom. The molecule has 7 rings (SSSR count). The van der Waals surface area contributed by atoms with Crippen LogP contribution < -0.4 is 10.6 Å². The lowest BCUT2D eigenvalue weighted by molar-refractivity contribution is -0.134. The van der Waals surface area contributed by atoms with Crippen LogP contribution in [0.5, 0.6) is 0 Å². The van der Waals surface area contributed by atoms with Crippen molar-refractivity contribution in [1.29, 1.82) is 0 Å². The number of benzene rings is 4. The lowest BCUT2D eigenvalue weighted by atomic mass is 10.0. The van der Waals surface area contributed by atoms with Gasteiger partial charge < -0.3 is 39.9 Å². The fourth-order valence-corrected chi connectivity index (χ4v) is 8.30. The highest BCUT2D eigenvalue weighted by atomic mass is 32.1. The molecule has 0 unspecified atom stereocenters. The van der Waals surface area contributed by atoms with E-state index < -0.39 is 18.2 Å². The third-order valence-corrected chi connectivity index (χ3v) is 11.1. The second-order valence-electron chi connectivity index (χ2n) is 14.1. The number of hydrogen-bond acceptors (Lipinski definition) is 9. The molecule has 0 aliphatic rings. The summed E-state index contributed by atoms with van der Waals surface area (Å²) < 4.78 is 11.7. The number of methoxy groups -OCH3 is 2. The lowest BCUT2D eigenvalue weighted by Gasteiger charge is -2.27. The van der Waals surface area contributed by atoms with Gasteiger partial charge in [-0.1, -0.05) is 74.5 Å². The van der Waals surface area contributed by atoms with Crippen LogP contribution in [0.15, 0.2) is 91.1 Å². The maximum Gasteiger partial charge on any atom is 0.407 e. The standard InChI is InChI=1S/C44H46N8O6S/c1-5-18-51(40(53)24-46-43(55)57-3)26-39-47-33-17-14-28(20-34(33)48-39)29-12-15-31-32-16-13-30(22-37(32)59-36(31)21-29)35-23-45-38(49-35)25-52(19-6-2)42(54)41(50-44(56)58-4)27-10-8-7-9-11-27/h7-17,20-23,41H,5-6,18-19,24-26H2,1-4H3,(H,45,49)(H,46,55)(H,47,48)(H,50,56)/t41-/m1/s1. The van der Waals surface area contributed by atoms with E-state index in [-0.39, 0.29) is 31.4 Å². The average molecular weight is 815 g/mol. The van der Waals surface area contributed by atoms with Crippen molar-refractivity contribution < 1.29 is 28.7 Å². The Hall–Kier alpha value is -6.74. The number of imidazole rings is 2. The summed E-state index contributed by atoms with van der Waals surface area (Å²) in [6.45, 7) is 5.38. The van der Waals surface area contributed by atoms with Gasteiger partial charge in [0.25, 0.3) is 0 Å². The molecule has 14 nitrogen and oxygen atoms in total. The number of hydrogen-bond donors (Lipinski definition) is 4. The fourth-order valence-electron chi connectivity index (χ4n) is 7.12. The van der Waals surface area contributed by atoms with Crippen molar-refractivity contribution in [2.75, 3.05) is 33.9 Å². The Balaban J connectivity index is 1.08. The van der Waals surface area contributed by atoms with E-state index in [1.807, 2.05) is 38.1 Å². The zero-order chi connectivity index (χ0) is 41.5. The molecule has 1 atom stereocenters. The molecule has 3 aromatic heterocycles. The molecule has 59 heavy (non-hydrogen) atoms. The minimum Gasteiger partial charge on any atom is -0.453 e. The number of H-pyrrole nitrogens is 2. The molecule has 0 fully saturated rings.